The number of amides is 1. The molecule has 0 saturated carbocycles. The molecule has 1 saturated heterocycles. The van der Waals surface area contributed by atoms with Crippen LogP contribution in [0.25, 0.3) is 6.08 Å². The van der Waals surface area contributed by atoms with E-state index in [1.165, 1.54) is 0 Å². The fraction of sp³-hybridized carbons (Fsp3) is 0.611. The maximum atomic E-state index is 12.1. The lowest BCUT2D eigenvalue weighted by Gasteiger charge is -2.32. The summed E-state index contributed by atoms with van der Waals surface area (Å²) in [7, 11) is -0.628. The molecule has 1 aliphatic rings. The van der Waals surface area contributed by atoms with Gasteiger partial charge in [0, 0.05) is 18.9 Å². The Morgan fingerprint density at radius 3 is 2.22 bits per heavy atom. The first-order valence-electron chi connectivity index (χ1n) is 8.80. The van der Waals surface area contributed by atoms with E-state index in [-0.39, 0.29) is 6.54 Å². The van der Waals surface area contributed by atoms with Crippen LogP contribution < -0.4 is 5.32 Å². The molecule has 1 aliphatic heterocycles. The van der Waals surface area contributed by atoms with Gasteiger partial charge < -0.3 is 19.4 Å². The van der Waals surface area contributed by atoms with Gasteiger partial charge in [0.15, 0.2) is 5.82 Å². The van der Waals surface area contributed by atoms with Gasteiger partial charge in [-0.05, 0) is 75.9 Å². The second-order valence-electron chi connectivity index (χ2n) is 8.42. The number of hydrogen-bond donors (Lipinski definition) is 1. The van der Waals surface area contributed by atoms with Crippen molar-refractivity contribution in [2.75, 3.05) is 6.54 Å². The summed E-state index contributed by atoms with van der Waals surface area (Å²) < 4.78 is 18.3. The highest BCUT2D eigenvalue weighted by molar-refractivity contribution is 9.10. The molecule has 9 heteroatoms. The van der Waals surface area contributed by atoms with Crippen LogP contribution in [0.4, 0.5) is 4.79 Å². The monoisotopic (exact) mass is 439 g/mol. The van der Waals surface area contributed by atoms with E-state index in [1.54, 1.807) is 18.5 Å². The highest BCUT2D eigenvalue weighted by atomic mass is 79.9. The Hall–Kier alpha value is -1.45. The topological polar surface area (TPSA) is 82.6 Å². The van der Waals surface area contributed by atoms with Crippen LogP contribution in [0.5, 0.6) is 0 Å². The molecule has 0 unspecified atom stereocenters. The molecule has 27 heavy (non-hydrogen) atoms. The third-order valence-corrected chi connectivity index (χ3v) is 4.76. The van der Waals surface area contributed by atoms with Crippen molar-refractivity contribution in [3.8, 4) is 0 Å². The first-order chi connectivity index (χ1) is 12.3. The van der Waals surface area contributed by atoms with Crippen molar-refractivity contribution in [3.05, 3.63) is 28.2 Å². The summed E-state index contributed by atoms with van der Waals surface area (Å²) in [6.45, 7) is 13.5. The van der Waals surface area contributed by atoms with Crippen molar-refractivity contribution < 1.29 is 18.8 Å². The highest BCUT2D eigenvalue weighted by Gasteiger charge is 2.52. The number of carbonyl (C=O) groups is 1. The Kier molecular flexibility index (Phi) is 6.38. The lowest BCUT2D eigenvalue weighted by atomic mass is 9.77. The molecule has 0 spiro atoms. The summed E-state index contributed by atoms with van der Waals surface area (Å²) in [6, 6.07) is 0. The van der Waals surface area contributed by atoms with Gasteiger partial charge in [-0.2, -0.15) is 0 Å². The Morgan fingerprint density at radius 1 is 1.22 bits per heavy atom. The summed E-state index contributed by atoms with van der Waals surface area (Å²) in [5.41, 5.74) is -0.874. The van der Waals surface area contributed by atoms with E-state index >= 15 is 0 Å². The summed E-state index contributed by atoms with van der Waals surface area (Å²) in [5, 5.41) is 2.75. The van der Waals surface area contributed by atoms with Crippen molar-refractivity contribution >= 4 is 35.2 Å². The molecule has 0 atom stereocenters. The minimum Gasteiger partial charge on any atom is -0.444 e. The molecule has 2 heterocycles. The fourth-order valence-corrected chi connectivity index (χ4v) is 2.45. The quantitative estimate of drug-likeness (QED) is 0.718. The number of nitrogens with one attached hydrogen (secondary N) is 1. The molecule has 7 nitrogen and oxygen atoms in total. The third-order valence-electron chi connectivity index (χ3n) is 4.35. The van der Waals surface area contributed by atoms with Gasteiger partial charge >= 0.3 is 13.2 Å². The van der Waals surface area contributed by atoms with E-state index in [0.717, 1.165) is 4.47 Å². The minimum atomic E-state index is -0.628. The zero-order chi connectivity index (χ0) is 20.5. The summed E-state index contributed by atoms with van der Waals surface area (Å²) >= 11 is 3.32. The predicted molar refractivity (Wildman–Crippen MR) is 108 cm³/mol. The molecular weight excluding hydrogens is 413 g/mol. The number of rotatable bonds is 4. The third kappa shape index (κ3) is 6.02. The van der Waals surface area contributed by atoms with Crippen LogP contribution >= 0.6 is 15.9 Å². The Balaban J connectivity index is 2.22. The van der Waals surface area contributed by atoms with Crippen LogP contribution in [0.15, 0.2) is 22.3 Å². The Labute approximate surface area is 169 Å². The zero-order valence-electron chi connectivity index (χ0n) is 16.9. The lowest BCUT2D eigenvalue weighted by Crippen LogP contribution is -2.41. The van der Waals surface area contributed by atoms with Gasteiger partial charge in [0.05, 0.1) is 15.7 Å². The molecular formula is C18H27BBrN3O4. The molecule has 0 aliphatic carbocycles. The van der Waals surface area contributed by atoms with Crippen LogP contribution in [0.1, 0.15) is 54.3 Å². The number of carbonyl (C=O) groups excluding carboxylic acids is 1. The van der Waals surface area contributed by atoms with Crippen molar-refractivity contribution in [3.63, 3.8) is 0 Å². The van der Waals surface area contributed by atoms with Crippen LogP contribution in [0.3, 0.4) is 0 Å². The average molecular weight is 440 g/mol. The summed E-state index contributed by atoms with van der Waals surface area (Å²) in [4.78, 5) is 20.6. The van der Waals surface area contributed by atoms with Crippen LogP contribution in [-0.4, -0.2) is 46.5 Å². The maximum absolute atomic E-state index is 12.1. The number of ether oxygens (including phenoxy) is 1. The maximum Gasteiger partial charge on any atom is 0.492 e. The van der Waals surface area contributed by atoms with Crippen LogP contribution in [0.2, 0.25) is 0 Å². The smallest absolute Gasteiger partial charge is 0.444 e. The number of nitrogens with zero attached hydrogens (tertiary/aromatic N) is 2. The van der Waals surface area contributed by atoms with Crippen molar-refractivity contribution in [2.45, 2.75) is 65.3 Å². The van der Waals surface area contributed by atoms with Crippen molar-refractivity contribution in [2.24, 2.45) is 0 Å². The molecule has 1 aromatic heterocycles. The van der Waals surface area contributed by atoms with E-state index in [1.807, 2.05) is 48.5 Å². The first kappa shape index (κ1) is 21.9. The Morgan fingerprint density at radius 2 is 1.74 bits per heavy atom. The first-order valence-corrected chi connectivity index (χ1v) is 9.59. The molecule has 0 bridgehead atoms. The lowest BCUT2D eigenvalue weighted by molar-refractivity contribution is 0.00578. The van der Waals surface area contributed by atoms with Crippen molar-refractivity contribution in [1.82, 2.24) is 15.3 Å². The number of hydrogen-bond acceptors (Lipinski definition) is 6. The van der Waals surface area contributed by atoms with Crippen LogP contribution in [-0.2, 0) is 14.0 Å². The van der Waals surface area contributed by atoms with Gasteiger partial charge in [0.2, 0.25) is 0 Å². The van der Waals surface area contributed by atoms with Gasteiger partial charge in [0.25, 0.3) is 0 Å². The second kappa shape index (κ2) is 7.89. The molecule has 148 valence electrons. The SMILES string of the molecule is CC(C)(C)OC(=O)NCC(=Cc1ncc(Br)cn1)B1OC(C)(C)C(C)(C)O1. The molecule has 2 rings (SSSR count). The molecule has 1 amide bonds. The van der Waals surface area contributed by atoms with E-state index in [0.29, 0.717) is 11.3 Å². The number of alkyl carbamates (subject to hydrolysis) is 1. The summed E-state index contributed by atoms with van der Waals surface area (Å²) in [6.07, 6.45) is 4.55. The minimum absolute atomic E-state index is 0.186. The highest BCUT2D eigenvalue weighted by Crippen LogP contribution is 2.38. The molecule has 1 aromatic rings. The van der Waals surface area contributed by atoms with Crippen molar-refractivity contribution in [1.29, 1.82) is 0 Å². The van der Waals surface area contributed by atoms with E-state index < -0.39 is 30.0 Å². The molecule has 0 aromatic carbocycles. The Bertz CT molecular complexity index is 698. The molecule has 1 N–H and O–H groups in total. The van der Waals surface area contributed by atoms with Gasteiger partial charge in [-0.15, -0.1) is 0 Å². The summed E-state index contributed by atoms with van der Waals surface area (Å²) in [5.74, 6) is 0.494. The van der Waals surface area contributed by atoms with Gasteiger partial charge in [0.1, 0.15) is 5.60 Å². The van der Waals surface area contributed by atoms with E-state index in [4.69, 9.17) is 14.0 Å². The zero-order valence-corrected chi connectivity index (χ0v) is 18.5. The predicted octanol–water partition coefficient (Wildman–Crippen LogP) is 3.78. The standard InChI is InChI=1S/C18H27BBrN3O4/c1-16(2,3)25-15(24)23-9-12(8-14-21-10-13(20)11-22-14)19-26-17(4,5)18(6,7)27-19/h8,10-11H,9H2,1-7H3,(H,23,24). The molecule has 1 fully saturated rings. The normalized spacial score (nSPS) is 19.1. The van der Waals surface area contributed by atoms with Crippen LogP contribution in [0, 0.1) is 0 Å². The average Bonchev–Trinajstić information content (AvgIpc) is 2.72. The molecule has 0 radical (unpaired) electrons. The number of aromatic nitrogens is 2. The van der Waals surface area contributed by atoms with Gasteiger partial charge in [-0.25, -0.2) is 14.8 Å². The van der Waals surface area contributed by atoms with Gasteiger partial charge in [-0.3, -0.25) is 0 Å². The van der Waals surface area contributed by atoms with Gasteiger partial charge in [-0.1, -0.05) is 0 Å². The fourth-order valence-electron chi connectivity index (χ4n) is 2.25. The second-order valence-corrected chi connectivity index (χ2v) is 9.34. The van der Waals surface area contributed by atoms with E-state index in [9.17, 15) is 4.79 Å². The van der Waals surface area contributed by atoms with E-state index in [2.05, 4.69) is 31.2 Å². The largest absolute Gasteiger partial charge is 0.492 e. The number of halogens is 1.